The summed E-state index contributed by atoms with van der Waals surface area (Å²) >= 11 is 6.01. The van der Waals surface area contributed by atoms with E-state index in [4.69, 9.17) is 17.3 Å². The quantitative estimate of drug-likeness (QED) is 0.887. The van der Waals surface area contributed by atoms with E-state index in [1.807, 2.05) is 25.1 Å². The molecule has 0 aromatic heterocycles. The Hall–Kier alpha value is -1.56. The predicted octanol–water partition coefficient (Wildman–Crippen LogP) is 3.16. The van der Waals surface area contributed by atoms with E-state index in [2.05, 4.69) is 4.72 Å². The van der Waals surface area contributed by atoms with Gasteiger partial charge in [-0.3, -0.25) is 4.72 Å². The van der Waals surface area contributed by atoms with Crippen molar-refractivity contribution < 1.29 is 8.42 Å². The molecule has 0 saturated carbocycles. The maximum Gasteiger partial charge on any atom is 0.261 e. The van der Waals surface area contributed by atoms with Crippen LogP contribution in [0.25, 0.3) is 0 Å². The second kappa shape index (κ2) is 6.47. The Labute approximate surface area is 130 Å². The SMILES string of the molecule is CCc1cccc(NS(=O)(=O)c2ccc(CN)c(Cl)c2)c1. The van der Waals surface area contributed by atoms with E-state index < -0.39 is 10.0 Å². The zero-order chi connectivity index (χ0) is 15.5. The molecule has 4 nitrogen and oxygen atoms in total. The lowest BCUT2D eigenvalue weighted by Crippen LogP contribution is -2.13. The second-order valence-electron chi connectivity index (χ2n) is 4.62. The molecule has 112 valence electrons. The molecular weight excluding hydrogens is 308 g/mol. The summed E-state index contributed by atoms with van der Waals surface area (Å²) in [6, 6.07) is 11.8. The molecular formula is C15H17ClN2O2S. The van der Waals surface area contributed by atoms with Gasteiger partial charge in [-0.25, -0.2) is 8.42 Å². The first-order chi connectivity index (χ1) is 9.96. The first-order valence-electron chi connectivity index (χ1n) is 6.56. The number of aryl methyl sites for hydroxylation is 1. The number of halogens is 1. The molecule has 0 atom stereocenters. The number of anilines is 1. The fourth-order valence-corrected chi connectivity index (χ4v) is 3.33. The molecule has 0 aliphatic carbocycles. The van der Waals surface area contributed by atoms with Crippen molar-refractivity contribution in [2.45, 2.75) is 24.8 Å². The topological polar surface area (TPSA) is 72.2 Å². The summed E-state index contributed by atoms with van der Waals surface area (Å²) in [5.74, 6) is 0. The molecule has 0 radical (unpaired) electrons. The Balaban J connectivity index is 2.31. The molecule has 0 bridgehead atoms. The normalized spacial score (nSPS) is 11.4. The van der Waals surface area contributed by atoms with Gasteiger partial charge in [-0.2, -0.15) is 0 Å². The van der Waals surface area contributed by atoms with Crippen molar-refractivity contribution in [1.29, 1.82) is 0 Å². The van der Waals surface area contributed by atoms with Crippen molar-refractivity contribution in [3.05, 3.63) is 58.6 Å². The predicted molar refractivity (Wildman–Crippen MR) is 86.0 cm³/mol. The average molecular weight is 325 g/mol. The Morgan fingerprint density at radius 2 is 1.95 bits per heavy atom. The summed E-state index contributed by atoms with van der Waals surface area (Å²) in [4.78, 5) is 0.117. The van der Waals surface area contributed by atoms with Gasteiger partial charge in [0.2, 0.25) is 0 Å². The molecule has 2 rings (SSSR count). The van der Waals surface area contributed by atoms with Crippen LogP contribution in [0.5, 0.6) is 0 Å². The molecule has 0 unspecified atom stereocenters. The van der Waals surface area contributed by atoms with E-state index in [0.29, 0.717) is 16.3 Å². The van der Waals surface area contributed by atoms with Crippen LogP contribution in [0.15, 0.2) is 47.4 Å². The van der Waals surface area contributed by atoms with E-state index in [1.165, 1.54) is 12.1 Å². The third-order valence-corrected chi connectivity index (χ3v) is 4.87. The van der Waals surface area contributed by atoms with Crippen LogP contribution in [0.1, 0.15) is 18.1 Å². The van der Waals surface area contributed by atoms with Crippen molar-refractivity contribution >= 4 is 27.3 Å². The highest BCUT2D eigenvalue weighted by Gasteiger charge is 2.15. The minimum absolute atomic E-state index is 0.117. The van der Waals surface area contributed by atoms with Crippen molar-refractivity contribution in [3.63, 3.8) is 0 Å². The van der Waals surface area contributed by atoms with Crippen molar-refractivity contribution in [3.8, 4) is 0 Å². The molecule has 0 fully saturated rings. The minimum Gasteiger partial charge on any atom is -0.326 e. The second-order valence-corrected chi connectivity index (χ2v) is 6.71. The fraction of sp³-hybridized carbons (Fsp3) is 0.200. The lowest BCUT2D eigenvalue weighted by atomic mass is 10.1. The first kappa shape index (κ1) is 15.8. The highest BCUT2D eigenvalue weighted by molar-refractivity contribution is 7.92. The molecule has 2 aromatic carbocycles. The van der Waals surface area contributed by atoms with Gasteiger partial charge in [0.25, 0.3) is 10.0 Å². The van der Waals surface area contributed by atoms with Gasteiger partial charge in [0, 0.05) is 17.3 Å². The summed E-state index contributed by atoms with van der Waals surface area (Å²) in [7, 11) is -3.66. The van der Waals surface area contributed by atoms with Gasteiger partial charge in [0.1, 0.15) is 0 Å². The van der Waals surface area contributed by atoms with Crippen LogP contribution in [0.4, 0.5) is 5.69 Å². The molecule has 0 amide bonds. The number of hydrogen-bond donors (Lipinski definition) is 2. The third kappa shape index (κ3) is 3.75. The zero-order valence-corrected chi connectivity index (χ0v) is 13.2. The van der Waals surface area contributed by atoms with Gasteiger partial charge in [-0.15, -0.1) is 0 Å². The third-order valence-electron chi connectivity index (χ3n) is 3.14. The van der Waals surface area contributed by atoms with Crippen molar-refractivity contribution in [2.75, 3.05) is 4.72 Å². The van der Waals surface area contributed by atoms with Crippen LogP contribution in [0.2, 0.25) is 5.02 Å². The number of hydrogen-bond acceptors (Lipinski definition) is 3. The van der Waals surface area contributed by atoms with Crippen LogP contribution in [-0.2, 0) is 23.0 Å². The fourth-order valence-electron chi connectivity index (χ4n) is 1.93. The molecule has 3 N–H and O–H groups in total. The number of nitrogens with two attached hydrogens (primary N) is 1. The van der Waals surface area contributed by atoms with E-state index in [1.54, 1.807) is 12.1 Å². The molecule has 21 heavy (non-hydrogen) atoms. The van der Waals surface area contributed by atoms with Crippen molar-refractivity contribution in [2.24, 2.45) is 5.73 Å². The lowest BCUT2D eigenvalue weighted by Gasteiger charge is -2.10. The highest BCUT2D eigenvalue weighted by atomic mass is 35.5. The minimum atomic E-state index is -3.66. The van der Waals surface area contributed by atoms with Crippen LogP contribution in [0.3, 0.4) is 0 Å². The zero-order valence-electron chi connectivity index (χ0n) is 11.6. The maximum atomic E-state index is 12.4. The molecule has 0 aliphatic heterocycles. The van der Waals surface area contributed by atoms with Crippen molar-refractivity contribution in [1.82, 2.24) is 0 Å². The molecule has 0 aliphatic rings. The van der Waals surface area contributed by atoms with E-state index in [0.717, 1.165) is 12.0 Å². The van der Waals surface area contributed by atoms with Crippen LogP contribution in [-0.4, -0.2) is 8.42 Å². The number of rotatable bonds is 5. The lowest BCUT2D eigenvalue weighted by molar-refractivity contribution is 0.601. The number of sulfonamides is 1. The molecule has 6 heteroatoms. The summed E-state index contributed by atoms with van der Waals surface area (Å²) in [6.07, 6.45) is 0.840. The molecule has 0 heterocycles. The van der Waals surface area contributed by atoms with Gasteiger partial charge in [-0.05, 0) is 41.8 Å². The molecule has 2 aromatic rings. The van der Waals surface area contributed by atoms with Crippen LogP contribution < -0.4 is 10.5 Å². The number of nitrogens with one attached hydrogen (secondary N) is 1. The Morgan fingerprint density at radius 3 is 2.57 bits per heavy atom. The molecule has 0 saturated heterocycles. The summed E-state index contributed by atoms with van der Waals surface area (Å²) in [6.45, 7) is 2.28. The summed E-state index contributed by atoms with van der Waals surface area (Å²) in [5.41, 5.74) is 7.82. The standard InChI is InChI=1S/C15H17ClN2O2S/c1-2-11-4-3-5-13(8-11)18-21(19,20)14-7-6-12(10-17)15(16)9-14/h3-9,18H,2,10,17H2,1H3. The Kier molecular flexibility index (Phi) is 4.88. The van der Waals surface area contributed by atoms with Gasteiger partial charge in [-0.1, -0.05) is 36.7 Å². The van der Waals surface area contributed by atoms with Gasteiger partial charge >= 0.3 is 0 Å². The Morgan fingerprint density at radius 1 is 1.19 bits per heavy atom. The average Bonchev–Trinajstić information content (AvgIpc) is 2.47. The molecule has 0 spiro atoms. The van der Waals surface area contributed by atoms with Gasteiger partial charge < -0.3 is 5.73 Å². The van der Waals surface area contributed by atoms with E-state index in [9.17, 15) is 8.42 Å². The first-order valence-corrected chi connectivity index (χ1v) is 8.42. The largest absolute Gasteiger partial charge is 0.326 e. The monoisotopic (exact) mass is 324 g/mol. The van der Waals surface area contributed by atoms with Crippen LogP contribution >= 0.6 is 11.6 Å². The van der Waals surface area contributed by atoms with Gasteiger partial charge in [0.15, 0.2) is 0 Å². The van der Waals surface area contributed by atoms with Crippen LogP contribution in [0, 0.1) is 0 Å². The summed E-state index contributed by atoms with van der Waals surface area (Å²) in [5, 5.41) is 0.350. The van der Waals surface area contributed by atoms with E-state index >= 15 is 0 Å². The summed E-state index contributed by atoms with van der Waals surface area (Å²) < 4.78 is 27.3. The highest BCUT2D eigenvalue weighted by Crippen LogP contribution is 2.23. The smallest absolute Gasteiger partial charge is 0.261 e. The van der Waals surface area contributed by atoms with E-state index in [-0.39, 0.29) is 11.4 Å². The maximum absolute atomic E-state index is 12.4. The Bertz CT molecular complexity index is 745. The van der Waals surface area contributed by atoms with Gasteiger partial charge in [0.05, 0.1) is 4.90 Å². The number of benzene rings is 2.